The van der Waals surface area contributed by atoms with E-state index in [2.05, 4.69) is 60.3 Å². The van der Waals surface area contributed by atoms with Crippen molar-refractivity contribution in [1.82, 2.24) is 15.2 Å². The molecule has 1 heterocycles. The summed E-state index contributed by atoms with van der Waals surface area (Å²) in [6.07, 6.45) is 1.20. The van der Waals surface area contributed by atoms with Crippen molar-refractivity contribution in [3.8, 4) is 0 Å². The van der Waals surface area contributed by atoms with Gasteiger partial charge in [-0.05, 0) is 24.7 Å². The summed E-state index contributed by atoms with van der Waals surface area (Å²) in [4.78, 5) is 11.0. The van der Waals surface area contributed by atoms with E-state index in [1.165, 1.54) is 6.42 Å². The van der Waals surface area contributed by atoms with Crippen LogP contribution in [0.1, 0.15) is 44.8 Å². The number of aliphatic imine (C=N–C) groups is 1. The highest BCUT2D eigenvalue weighted by atomic mass is 32.1. The molecule has 0 radical (unpaired) electrons. The second-order valence-electron chi connectivity index (χ2n) is 6.88. The molecule has 21 heavy (non-hydrogen) atoms. The summed E-state index contributed by atoms with van der Waals surface area (Å²) in [6, 6.07) is 0. The zero-order valence-corrected chi connectivity index (χ0v) is 15.3. The van der Waals surface area contributed by atoms with E-state index in [4.69, 9.17) is 0 Å². The predicted molar refractivity (Wildman–Crippen MR) is 92.9 cm³/mol. The lowest BCUT2D eigenvalue weighted by molar-refractivity contribution is 0.282. The van der Waals surface area contributed by atoms with E-state index in [9.17, 15) is 0 Å². The highest BCUT2D eigenvalue weighted by Gasteiger charge is 2.20. The molecule has 0 saturated heterocycles. The van der Waals surface area contributed by atoms with E-state index < -0.39 is 0 Å². The lowest BCUT2D eigenvalue weighted by Crippen LogP contribution is -2.43. The summed E-state index contributed by atoms with van der Waals surface area (Å²) in [7, 11) is 3.89. The number of aromatic nitrogens is 1. The Labute approximate surface area is 133 Å². The van der Waals surface area contributed by atoms with Crippen LogP contribution in [0.2, 0.25) is 0 Å². The molecule has 0 aliphatic rings. The van der Waals surface area contributed by atoms with Crippen molar-refractivity contribution in [3.63, 3.8) is 0 Å². The van der Waals surface area contributed by atoms with Crippen LogP contribution < -0.4 is 5.32 Å². The van der Waals surface area contributed by atoms with Crippen molar-refractivity contribution in [2.75, 3.05) is 20.6 Å². The average Bonchev–Trinajstić information content (AvgIpc) is 2.73. The number of guanidine groups is 1. The molecule has 0 saturated carbocycles. The summed E-state index contributed by atoms with van der Waals surface area (Å²) in [5.41, 5.74) is 1.37. The van der Waals surface area contributed by atoms with Crippen LogP contribution in [0.3, 0.4) is 0 Å². The molecule has 0 atom stereocenters. The van der Waals surface area contributed by atoms with Gasteiger partial charge in [0, 0.05) is 26.0 Å². The minimum Gasteiger partial charge on any atom is -0.356 e. The predicted octanol–water partition coefficient (Wildman–Crippen LogP) is 3.53. The zero-order chi connectivity index (χ0) is 16.0. The number of thiazole rings is 1. The Morgan fingerprint density at radius 2 is 2.14 bits per heavy atom. The van der Waals surface area contributed by atoms with E-state index in [0.717, 1.165) is 29.8 Å². The Morgan fingerprint density at radius 1 is 1.48 bits per heavy atom. The molecule has 0 bridgehead atoms. The largest absolute Gasteiger partial charge is 0.356 e. The molecule has 0 spiro atoms. The Bertz CT molecular complexity index is 463. The molecule has 0 aliphatic heterocycles. The van der Waals surface area contributed by atoms with E-state index in [1.54, 1.807) is 11.3 Å². The number of nitrogens with one attached hydrogen (secondary N) is 1. The number of aryl methyl sites for hydroxylation is 1. The van der Waals surface area contributed by atoms with Gasteiger partial charge < -0.3 is 10.2 Å². The maximum atomic E-state index is 4.51. The molecule has 4 nitrogen and oxygen atoms in total. The van der Waals surface area contributed by atoms with Crippen molar-refractivity contribution in [3.05, 3.63) is 16.1 Å². The smallest absolute Gasteiger partial charge is 0.193 e. The molecule has 5 heteroatoms. The summed E-state index contributed by atoms with van der Waals surface area (Å²) in [5, 5.41) is 6.72. The van der Waals surface area contributed by atoms with Gasteiger partial charge in [-0.25, -0.2) is 4.98 Å². The van der Waals surface area contributed by atoms with Crippen molar-refractivity contribution < 1.29 is 0 Å². The Hall–Kier alpha value is -1.10. The molecule has 1 rings (SSSR count). The van der Waals surface area contributed by atoms with Gasteiger partial charge in [0.25, 0.3) is 0 Å². The Kier molecular flexibility index (Phi) is 6.65. The van der Waals surface area contributed by atoms with Gasteiger partial charge in [0.2, 0.25) is 0 Å². The molecule has 0 fully saturated rings. The number of hydrogen-bond acceptors (Lipinski definition) is 3. The standard InChI is InChI=1S/C16H30N4S/c1-12(2)8-16(4,5)11-18-15(17-6)20(7)9-14-10-21-13(3)19-14/h10,12H,8-9,11H2,1-7H3,(H,17,18). The highest BCUT2D eigenvalue weighted by Crippen LogP contribution is 2.24. The van der Waals surface area contributed by atoms with Gasteiger partial charge in [-0.15, -0.1) is 11.3 Å². The van der Waals surface area contributed by atoms with Gasteiger partial charge in [0.1, 0.15) is 0 Å². The molecular weight excluding hydrogens is 280 g/mol. The fraction of sp³-hybridized carbons (Fsp3) is 0.750. The molecule has 0 amide bonds. The van der Waals surface area contributed by atoms with Crippen LogP contribution in [-0.4, -0.2) is 36.5 Å². The van der Waals surface area contributed by atoms with Crippen LogP contribution in [0.4, 0.5) is 0 Å². The fourth-order valence-corrected chi connectivity index (χ4v) is 3.28. The van der Waals surface area contributed by atoms with Gasteiger partial charge in [-0.3, -0.25) is 4.99 Å². The second kappa shape index (κ2) is 7.78. The zero-order valence-electron chi connectivity index (χ0n) is 14.5. The molecule has 1 aromatic heterocycles. The van der Waals surface area contributed by atoms with Gasteiger partial charge in [-0.2, -0.15) is 0 Å². The first-order valence-corrected chi connectivity index (χ1v) is 8.44. The third-order valence-corrected chi connectivity index (χ3v) is 4.15. The molecule has 0 aromatic carbocycles. The maximum Gasteiger partial charge on any atom is 0.193 e. The lowest BCUT2D eigenvalue weighted by Gasteiger charge is -2.30. The first-order chi connectivity index (χ1) is 9.73. The maximum absolute atomic E-state index is 4.51. The third-order valence-electron chi connectivity index (χ3n) is 3.33. The summed E-state index contributed by atoms with van der Waals surface area (Å²) in [6.45, 7) is 12.9. The summed E-state index contributed by atoms with van der Waals surface area (Å²) in [5.74, 6) is 1.64. The minimum absolute atomic E-state index is 0.266. The van der Waals surface area contributed by atoms with Gasteiger partial charge in [0.15, 0.2) is 5.96 Å². The number of hydrogen-bond donors (Lipinski definition) is 1. The van der Waals surface area contributed by atoms with Crippen molar-refractivity contribution in [1.29, 1.82) is 0 Å². The van der Waals surface area contributed by atoms with E-state index in [1.807, 2.05) is 14.0 Å². The van der Waals surface area contributed by atoms with E-state index >= 15 is 0 Å². The quantitative estimate of drug-likeness (QED) is 0.645. The van der Waals surface area contributed by atoms with Gasteiger partial charge in [-0.1, -0.05) is 27.7 Å². The van der Waals surface area contributed by atoms with Crippen LogP contribution in [0.5, 0.6) is 0 Å². The van der Waals surface area contributed by atoms with E-state index in [-0.39, 0.29) is 5.41 Å². The molecule has 1 aromatic rings. The van der Waals surface area contributed by atoms with Crippen molar-refractivity contribution in [2.45, 2.75) is 47.6 Å². The fourth-order valence-electron chi connectivity index (χ4n) is 2.68. The molecular formula is C16H30N4S. The first-order valence-electron chi connectivity index (χ1n) is 7.56. The molecule has 1 N–H and O–H groups in total. The minimum atomic E-state index is 0.266. The summed E-state index contributed by atoms with van der Waals surface area (Å²) < 4.78 is 0. The normalized spacial score (nSPS) is 12.9. The van der Waals surface area contributed by atoms with Crippen molar-refractivity contribution >= 4 is 17.3 Å². The first kappa shape index (κ1) is 18.0. The average molecular weight is 311 g/mol. The van der Waals surface area contributed by atoms with Crippen LogP contribution in [0.15, 0.2) is 10.4 Å². The second-order valence-corrected chi connectivity index (χ2v) is 7.94. The molecule has 0 unspecified atom stereocenters. The summed E-state index contributed by atoms with van der Waals surface area (Å²) >= 11 is 1.69. The highest BCUT2D eigenvalue weighted by molar-refractivity contribution is 7.09. The monoisotopic (exact) mass is 310 g/mol. The van der Waals surface area contributed by atoms with E-state index in [0.29, 0.717) is 5.92 Å². The topological polar surface area (TPSA) is 40.5 Å². The van der Waals surface area contributed by atoms with Gasteiger partial charge in [0.05, 0.1) is 17.2 Å². The van der Waals surface area contributed by atoms with Gasteiger partial charge >= 0.3 is 0 Å². The molecule has 120 valence electrons. The lowest BCUT2D eigenvalue weighted by atomic mass is 9.84. The Balaban J connectivity index is 2.54. The number of nitrogens with zero attached hydrogens (tertiary/aromatic N) is 3. The van der Waals surface area contributed by atoms with Crippen LogP contribution in [0.25, 0.3) is 0 Å². The molecule has 0 aliphatic carbocycles. The Morgan fingerprint density at radius 3 is 2.62 bits per heavy atom. The van der Waals surface area contributed by atoms with Crippen LogP contribution >= 0.6 is 11.3 Å². The van der Waals surface area contributed by atoms with Crippen LogP contribution in [0, 0.1) is 18.3 Å². The SMILES string of the molecule is CN=C(NCC(C)(C)CC(C)C)N(C)Cc1csc(C)n1. The number of rotatable bonds is 6. The third kappa shape index (κ3) is 6.46. The van der Waals surface area contributed by atoms with Crippen molar-refractivity contribution in [2.24, 2.45) is 16.3 Å². The van der Waals surface area contributed by atoms with Crippen LogP contribution in [-0.2, 0) is 6.54 Å².